The number of carbonyl (C=O) groups is 4. The van der Waals surface area contributed by atoms with Crippen LogP contribution in [0.4, 0.5) is 5.69 Å². The van der Waals surface area contributed by atoms with Gasteiger partial charge in [0.05, 0.1) is 18.3 Å². The molecule has 25 heavy (non-hydrogen) atoms. The molecule has 134 valence electrons. The van der Waals surface area contributed by atoms with E-state index in [1.165, 1.54) is 24.3 Å². The van der Waals surface area contributed by atoms with Gasteiger partial charge in [0.15, 0.2) is 0 Å². The highest BCUT2D eigenvalue weighted by molar-refractivity contribution is 6.00. The summed E-state index contributed by atoms with van der Waals surface area (Å²) in [5.41, 5.74) is 0.206. The number of hydrogen-bond acceptors (Lipinski definition) is 4. The summed E-state index contributed by atoms with van der Waals surface area (Å²) in [6, 6.07) is 6.07. The third-order valence-electron chi connectivity index (χ3n) is 4.41. The van der Waals surface area contributed by atoms with E-state index in [4.69, 9.17) is 10.2 Å². The molecule has 0 heterocycles. The molecule has 1 aliphatic rings. The minimum absolute atomic E-state index is 0.0278. The normalized spacial score (nSPS) is 20.4. The number of nitrogens with one attached hydrogen (secondary N) is 2. The smallest absolute Gasteiger partial charge is 0.307 e. The van der Waals surface area contributed by atoms with Gasteiger partial charge in [0.1, 0.15) is 0 Å². The van der Waals surface area contributed by atoms with Gasteiger partial charge in [0.2, 0.25) is 5.91 Å². The molecule has 0 unspecified atom stereocenters. The zero-order valence-electron chi connectivity index (χ0n) is 13.9. The number of carboxylic acids is 2. The van der Waals surface area contributed by atoms with E-state index in [2.05, 4.69) is 10.6 Å². The molecule has 0 aliphatic heterocycles. The third kappa shape index (κ3) is 4.14. The predicted molar refractivity (Wildman–Crippen MR) is 88.1 cm³/mol. The van der Waals surface area contributed by atoms with Gasteiger partial charge in [-0.05, 0) is 29.7 Å². The molecule has 0 radical (unpaired) electrons. The number of anilines is 1. The first kappa shape index (κ1) is 18.4. The van der Waals surface area contributed by atoms with Crippen LogP contribution in [-0.2, 0) is 14.4 Å². The zero-order chi connectivity index (χ0) is 18.8. The summed E-state index contributed by atoms with van der Waals surface area (Å²) in [7, 11) is 0. The van der Waals surface area contributed by atoms with E-state index >= 15 is 0 Å². The highest BCUT2D eigenvalue weighted by Crippen LogP contribution is 2.58. The van der Waals surface area contributed by atoms with Gasteiger partial charge in [-0.1, -0.05) is 13.8 Å². The van der Waals surface area contributed by atoms with Crippen molar-refractivity contribution in [2.24, 2.45) is 17.3 Å². The highest BCUT2D eigenvalue weighted by Gasteiger charge is 2.65. The van der Waals surface area contributed by atoms with Crippen molar-refractivity contribution < 1.29 is 29.4 Å². The SMILES string of the molecule is CC1(C)[C@H](C(=O)O)[C@H]1C(=O)Nc1ccc(C(=O)NCCC(=O)O)cc1. The number of amides is 2. The summed E-state index contributed by atoms with van der Waals surface area (Å²) in [4.78, 5) is 45.6. The van der Waals surface area contributed by atoms with Crippen LogP contribution >= 0.6 is 0 Å². The monoisotopic (exact) mass is 348 g/mol. The number of hydrogen-bond donors (Lipinski definition) is 4. The van der Waals surface area contributed by atoms with E-state index in [0.717, 1.165) is 0 Å². The molecule has 1 aromatic rings. The van der Waals surface area contributed by atoms with Gasteiger partial charge in [-0.25, -0.2) is 0 Å². The van der Waals surface area contributed by atoms with Gasteiger partial charge in [-0.2, -0.15) is 0 Å². The van der Waals surface area contributed by atoms with Gasteiger partial charge in [-0.15, -0.1) is 0 Å². The fourth-order valence-electron chi connectivity index (χ4n) is 2.90. The summed E-state index contributed by atoms with van der Waals surface area (Å²) in [5.74, 6) is -4.06. The van der Waals surface area contributed by atoms with Gasteiger partial charge in [0, 0.05) is 17.8 Å². The molecule has 0 aromatic heterocycles. The molecule has 0 bridgehead atoms. The molecule has 0 spiro atoms. The molecule has 8 heteroatoms. The van der Waals surface area contributed by atoms with Crippen LogP contribution in [0.3, 0.4) is 0 Å². The average molecular weight is 348 g/mol. The van der Waals surface area contributed by atoms with Crippen molar-refractivity contribution >= 4 is 29.4 Å². The summed E-state index contributed by atoms with van der Waals surface area (Å²) >= 11 is 0. The van der Waals surface area contributed by atoms with Crippen molar-refractivity contribution in [2.75, 3.05) is 11.9 Å². The van der Waals surface area contributed by atoms with Crippen LogP contribution in [0.5, 0.6) is 0 Å². The first-order valence-electron chi connectivity index (χ1n) is 7.78. The third-order valence-corrected chi connectivity index (χ3v) is 4.41. The number of carbonyl (C=O) groups excluding carboxylic acids is 2. The predicted octanol–water partition coefficient (Wildman–Crippen LogP) is 1.19. The lowest BCUT2D eigenvalue weighted by molar-refractivity contribution is -0.140. The molecular weight excluding hydrogens is 328 g/mol. The molecule has 1 fully saturated rings. The first-order valence-corrected chi connectivity index (χ1v) is 7.78. The Morgan fingerprint density at radius 1 is 1.04 bits per heavy atom. The van der Waals surface area contributed by atoms with Crippen molar-refractivity contribution in [3.8, 4) is 0 Å². The van der Waals surface area contributed by atoms with Crippen LogP contribution in [0, 0.1) is 17.3 Å². The largest absolute Gasteiger partial charge is 0.481 e. The summed E-state index contributed by atoms with van der Waals surface area (Å²) in [6.07, 6.45) is -0.165. The topological polar surface area (TPSA) is 133 Å². The quantitative estimate of drug-likeness (QED) is 0.585. The Hall–Kier alpha value is -2.90. The fourth-order valence-corrected chi connectivity index (χ4v) is 2.90. The lowest BCUT2D eigenvalue weighted by Gasteiger charge is -2.08. The lowest BCUT2D eigenvalue weighted by Crippen LogP contribution is -2.26. The first-order chi connectivity index (χ1) is 11.6. The van der Waals surface area contributed by atoms with Crippen LogP contribution in [0.25, 0.3) is 0 Å². The van der Waals surface area contributed by atoms with Gasteiger partial charge in [-0.3, -0.25) is 19.2 Å². The standard InChI is InChI=1S/C17H20N2O6/c1-17(2)12(13(17)16(24)25)15(23)19-10-5-3-9(4-6-10)14(22)18-8-7-11(20)21/h3-6,12-13H,7-8H2,1-2H3,(H,18,22)(H,19,23)(H,20,21)(H,24,25)/t12-,13-/m0/s1. The summed E-state index contributed by atoms with van der Waals surface area (Å²) in [6.45, 7) is 3.50. The van der Waals surface area contributed by atoms with E-state index in [-0.39, 0.29) is 18.9 Å². The Morgan fingerprint density at radius 3 is 2.12 bits per heavy atom. The Labute approximate surface area is 144 Å². The number of aliphatic carboxylic acids is 2. The van der Waals surface area contributed by atoms with Crippen molar-refractivity contribution in [2.45, 2.75) is 20.3 Å². The van der Waals surface area contributed by atoms with Crippen molar-refractivity contribution in [1.29, 1.82) is 0 Å². The van der Waals surface area contributed by atoms with Crippen LogP contribution in [0.1, 0.15) is 30.6 Å². The van der Waals surface area contributed by atoms with E-state index in [1.807, 2.05) is 0 Å². The molecule has 2 rings (SSSR count). The Morgan fingerprint density at radius 2 is 1.64 bits per heavy atom. The maximum atomic E-state index is 12.2. The minimum Gasteiger partial charge on any atom is -0.481 e. The van der Waals surface area contributed by atoms with Gasteiger partial charge >= 0.3 is 11.9 Å². The average Bonchev–Trinajstić information content (AvgIpc) is 3.10. The molecule has 1 aliphatic carbocycles. The van der Waals surface area contributed by atoms with E-state index in [1.54, 1.807) is 13.8 Å². The molecule has 2 atom stereocenters. The molecule has 2 amide bonds. The van der Waals surface area contributed by atoms with Gasteiger partial charge in [0.25, 0.3) is 5.91 Å². The second-order valence-electron chi connectivity index (χ2n) is 6.58. The van der Waals surface area contributed by atoms with E-state index in [0.29, 0.717) is 11.3 Å². The van der Waals surface area contributed by atoms with Crippen LogP contribution in [-0.4, -0.2) is 40.5 Å². The molecule has 4 N–H and O–H groups in total. The molecule has 0 saturated heterocycles. The van der Waals surface area contributed by atoms with Crippen LogP contribution in [0.15, 0.2) is 24.3 Å². The maximum absolute atomic E-state index is 12.2. The second-order valence-corrected chi connectivity index (χ2v) is 6.58. The van der Waals surface area contributed by atoms with E-state index in [9.17, 15) is 19.2 Å². The maximum Gasteiger partial charge on any atom is 0.307 e. The van der Waals surface area contributed by atoms with Crippen LogP contribution < -0.4 is 10.6 Å². The molecule has 1 saturated carbocycles. The number of rotatable bonds is 7. The van der Waals surface area contributed by atoms with Crippen molar-refractivity contribution in [3.05, 3.63) is 29.8 Å². The molecule has 1 aromatic carbocycles. The Bertz CT molecular complexity index is 710. The second kappa shape index (κ2) is 6.92. The lowest BCUT2D eigenvalue weighted by atomic mass is 10.1. The Kier molecular flexibility index (Phi) is 5.10. The van der Waals surface area contributed by atoms with Crippen LogP contribution in [0.2, 0.25) is 0 Å². The zero-order valence-corrected chi connectivity index (χ0v) is 13.9. The number of benzene rings is 1. The fraction of sp³-hybridized carbons (Fsp3) is 0.412. The molecule has 8 nitrogen and oxygen atoms in total. The highest BCUT2D eigenvalue weighted by atomic mass is 16.4. The summed E-state index contributed by atoms with van der Waals surface area (Å²) < 4.78 is 0. The molecular formula is C17H20N2O6. The minimum atomic E-state index is -0.999. The van der Waals surface area contributed by atoms with Gasteiger partial charge < -0.3 is 20.8 Å². The Balaban J connectivity index is 1.92. The summed E-state index contributed by atoms with van der Waals surface area (Å²) in [5, 5.41) is 22.8. The van der Waals surface area contributed by atoms with Crippen molar-refractivity contribution in [3.63, 3.8) is 0 Å². The van der Waals surface area contributed by atoms with E-state index < -0.39 is 35.1 Å². The number of carboxylic acid groups (broad SMARTS) is 2. The van der Waals surface area contributed by atoms with Crippen molar-refractivity contribution in [1.82, 2.24) is 5.32 Å².